The van der Waals surface area contributed by atoms with Gasteiger partial charge in [0.05, 0.1) is 6.04 Å². The lowest BCUT2D eigenvalue weighted by Crippen LogP contribution is -2.30. The molecule has 1 aromatic heterocycles. The van der Waals surface area contributed by atoms with E-state index >= 15 is 0 Å². The van der Waals surface area contributed by atoms with Crippen molar-refractivity contribution in [3.05, 3.63) is 69.1 Å². The number of ether oxygens (including phenoxy) is 1. The molecule has 1 heterocycles. The first kappa shape index (κ1) is 16.5. The molecule has 0 spiro atoms. The smallest absolute Gasteiger partial charge is 0.255 e. The predicted molar refractivity (Wildman–Crippen MR) is 89.1 cm³/mol. The average Bonchev–Trinajstić information content (AvgIpc) is 2.51. The molecule has 22 heavy (non-hydrogen) atoms. The monoisotopic (exact) mass is 300 g/mol. The van der Waals surface area contributed by atoms with Crippen LogP contribution in [0.1, 0.15) is 34.8 Å². The summed E-state index contributed by atoms with van der Waals surface area (Å²) in [6, 6.07) is 11.4. The van der Waals surface area contributed by atoms with E-state index in [1.807, 2.05) is 50.2 Å². The lowest BCUT2D eigenvalue weighted by molar-refractivity contribution is 0.189. The number of hydrogen-bond acceptors (Lipinski definition) is 3. The van der Waals surface area contributed by atoms with Gasteiger partial charge in [-0.25, -0.2) is 0 Å². The van der Waals surface area contributed by atoms with Gasteiger partial charge >= 0.3 is 0 Å². The highest BCUT2D eigenvalue weighted by Gasteiger charge is 2.15. The van der Waals surface area contributed by atoms with Crippen molar-refractivity contribution < 1.29 is 4.74 Å². The lowest BCUT2D eigenvalue weighted by Gasteiger charge is -2.16. The number of rotatable bonds is 6. The fraction of sp³-hybridized carbons (Fsp3) is 0.389. The average molecular weight is 300 g/mol. The predicted octanol–water partition coefficient (Wildman–Crippen LogP) is 2.55. The van der Waals surface area contributed by atoms with E-state index in [0.29, 0.717) is 18.7 Å². The van der Waals surface area contributed by atoms with Crippen LogP contribution in [0.15, 0.2) is 41.2 Å². The standard InChI is InChI=1S/C18H24N2O2/c1-13-5-8-15(9-6-13)17(19)16-10-7-14(2)20(18(16)21)11-4-12-22-3/h5-10,17H,4,11-12,19H2,1-3H3. The van der Waals surface area contributed by atoms with Crippen LogP contribution in [0.25, 0.3) is 0 Å². The van der Waals surface area contributed by atoms with Crippen molar-refractivity contribution in [2.24, 2.45) is 5.73 Å². The van der Waals surface area contributed by atoms with Gasteiger partial charge in [0, 0.05) is 31.5 Å². The minimum Gasteiger partial charge on any atom is -0.385 e. The Morgan fingerprint density at radius 2 is 1.82 bits per heavy atom. The molecule has 4 nitrogen and oxygen atoms in total. The molecule has 0 aliphatic carbocycles. The Labute approximate surface area is 131 Å². The third-order valence-electron chi connectivity index (χ3n) is 3.92. The van der Waals surface area contributed by atoms with Crippen LogP contribution < -0.4 is 11.3 Å². The van der Waals surface area contributed by atoms with E-state index in [-0.39, 0.29) is 5.56 Å². The van der Waals surface area contributed by atoms with E-state index in [1.54, 1.807) is 11.7 Å². The highest BCUT2D eigenvalue weighted by molar-refractivity contribution is 5.32. The summed E-state index contributed by atoms with van der Waals surface area (Å²) in [5.74, 6) is 0. The topological polar surface area (TPSA) is 57.2 Å². The van der Waals surface area contributed by atoms with Gasteiger partial charge in [0.15, 0.2) is 0 Å². The Morgan fingerprint density at radius 1 is 1.14 bits per heavy atom. The van der Waals surface area contributed by atoms with Crippen LogP contribution in [-0.2, 0) is 11.3 Å². The van der Waals surface area contributed by atoms with Gasteiger partial charge in [-0.1, -0.05) is 29.8 Å². The number of pyridine rings is 1. The molecule has 0 amide bonds. The molecule has 0 saturated heterocycles. The number of aryl methyl sites for hydroxylation is 2. The highest BCUT2D eigenvalue weighted by Crippen LogP contribution is 2.17. The van der Waals surface area contributed by atoms with Crippen molar-refractivity contribution in [1.82, 2.24) is 4.57 Å². The van der Waals surface area contributed by atoms with Crippen LogP contribution in [0.3, 0.4) is 0 Å². The van der Waals surface area contributed by atoms with E-state index in [9.17, 15) is 4.79 Å². The molecule has 2 rings (SSSR count). The fourth-order valence-electron chi connectivity index (χ4n) is 2.52. The Hall–Kier alpha value is -1.91. The van der Waals surface area contributed by atoms with Crippen molar-refractivity contribution in [2.45, 2.75) is 32.9 Å². The minimum atomic E-state index is -0.401. The zero-order valence-electron chi connectivity index (χ0n) is 13.5. The molecule has 0 fully saturated rings. The van der Waals surface area contributed by atoms with Crippen LogP contribution in [0.4, 0.5) is 0 Å². The fourth-order valence-corrected chi connectivity index (χ4v) is 2.52. The van der Waals surface area contributed by atoms with Crippen LogP contribution in [0.5, 0.6) is 0 Å². The number of nitrogens with zero attached hydrogens (tertiary/aromatic N) is 1. The normalized spacial score (nSPS) is 12.4. The van der Waals surface area contributed by atoms with Crippen LogP contribution in [0, 0.1) is 13.8 Å². The molecule has 0 bridgehead atoms. The molecule has 0 saturated carbocycles. The summed E-state index contributed by atoms with van der Waals surface area (Å²) < 4.78 is 6.84. The summed E-state index contributed by atoms with van der Waals surface area (Å²) in [6.45, 7) is 5.26. The molecule has 2 aromatic rings. The van der Waals surface area contributed by atoms with Crippen molar-refractivity contribution in [3.8, 4) is 0 Å². The van der Waals surface area contributed by atoms with Crippen molar-refractivity contribution >= 4 is 0 Å². The van der Waals surface area contributed by atoms with Gasteiger partial charge in [0.2, 0.25) is 0 Å². The van der Waals surface area contributed by atoms with Crippen molar-refractivity contribution in [1.29, 1.82) is 0 Å². The number of methoxy groups -OCH3 is 1. The molecule has 2 N–H and O–H groups in total. The summed E-state index contributed by atoms with van der Waals surface area (Å²) >= 11 is 0. The van der Waals surface area contributed by atoms with Gasteiger partial charge in [-0.05, 0) is 38.0 Å². The largest absolute Gasteiger partial charge is 0.385 e. The molecule has 4 heteroatoms. The van der Waals surface area contributed by atoms with E-state index in [2.05, 4.69) is 0 Å². The van der Waals surface area contributed by atoms with Crippen LogP contribution >= 0.6 is 0 Å². The lowest BCUT2D eigenvalue weighted by atomic mass is 9.99. The molecule has 0 aliphatic heterocycles. The third-order valence-corrected chi connectivity index (χ3v) is 3.92. The quantitative estimate of drug-likeness (QED) is 0.834. The first-order chi connectivity index (χ1) is 10.5. The molecule has 1 aromatic carbocycles. The maximum Gasteiger partial charge on any atom is 0.255 e. The minimum absolute atomic E-state index is 0.0100. The summed E-state index contributed by atoms with van der Waals surface area (Å²) in [5, 5.41) is 0. The number of benzene rings is 1. The van der Waals surface area contributed by atoms with Gasteiger partial charge < -0.3 is 15.0 Å². The van der Waals surface area contributed by atoms with Crippen molar-refractivity contribution in [2.75, 3.05) is 13.7 Å². The maximum absolute atomic E-state index is 12.7. The maximum atomic E-state index is 12.7. The van der Waals surface area contributed by atoms with Gasteiger partial charge in [-0.3, -0.25) is 4.79 Å². The van der Waals surface area contributed by atoms with Gasteiger partial charge in [-0.2, -0.15) is 0 Å². The Kier molecular flexibility index (Phi) is 5.52. The zero-order valence-corrected chi connectivity index (χ0v) is 13.5. The first-order valence-electron chi connectivity index (χ1n) is 7.56. The molecule has 1 atom stereocenters. The summed E-state index contributed by atoms with van der Waals surface area (Å²) in [4.78, 5) is 12.7. The Balaban J connectivity index is 2.33. The Morgan fingerprint density at radius 3 is 2.45 bits per heavy atom. The summed E-state index contributed by atoms with van der Waals surface area (Å²) in [7, 11) is 1.67. The van der Waals surface area contributed by atoms with Gasteiger partial charge in [0.25, 0.3) is 5.56 Å². The van der Waals surface area contributed by atoms with E-state index in [4.69, 9.17) is 10.5 Å². The summed E-state index contributed by atoms with van der Waals surface area (Å²) in [6.07, 6.45) is 0.806. The number of hydrogen-bond donors (Lipinski definition) is 1. The van der Waals surface area contributed by atoms with Crippen molar-refractivity contribution in [3.63, 3.8) is 0 Å². The molecule has 1 unspecified atom stereocenters. The molecule has 118 valence electrons. The number of aromatic nitrogens is 1. The molecular formula is C18H24N2O2. The summed E-state index contributed by atoms with van der Waals surface area (Å²) in [5.41, 5.74) is 10.0. The Bertz CT molecular complexity index is 674. The first-order valence-corrected chi connectivity index (χ1v) is 7.56. The molecule has 0 radical (unpaired) electrons. The second-order valence-corrected chi connectivity index (χ2v) is 5.62. The highest BCUT2D eigenvalue weighted by atomic mass is 16.5. The molecule has 0 aliphatic rings. The SMILES string of the molecule is COCCCn1c(C)ccc(C(N)c2ccc(C)cc2)c1=O. The second kappa shape index (κ2) is 7.38. The molecular weight excluding hydrogens is 276 g/mol. The van der Waals surface area contributed by atoms with Crippen LogP contribution in [0.2, 0.25) is 0 Å². The van der Waals surface area contributed by atoms with Gasteiger partial charge in [0.1, 0.15) is 0 Å². The number of nitrogens with two attached hydrogens (primary N) is 1. The zero-order chi connectivity index (χ0) is 16.1. The second-order valence-electron chi connectivity index (χ2n) is 5.62. The van der Waals surface area contributed by atoms with E-state index in [1.165, 1.54) is 5.56 Å². The van der Waals surface area contributed by atoms with Crippen LogP contribution in [-0.4, -0.2) is 18.3 Å². The van der Waals surface area contributed by atoms with Gasteiger partial charge in [-0.15, -0.1) is 0 Å². The third kappa shape index (κ3) is 3.64. The van der Waals surface area contributed by atoms with E-state index < -0.39 is 6.04 Å². The van der Waals surface area contributed by atoms with E-state index in [0.717, 1.165) is 17.7 Å².